The van der Waals surface area contributed by atoms with Crippen molar-refractivity contribution >= 4 is 60.4 Å². The Morgan fingerprint density at radius 2 is 0.942 bits per heavy atom. The monoisotopic (exact) mass is 662 g/mol. The highest BCUT2D eigenvalue weighted by molar-refractivity contribution is 6.13. The maximum atomic E-state index is 2.38. The second-order valence-electron chi connectivity index (χ2n) is 13.3. The standard InChI is InChI=1S/C50H34N2/c1-3-15-38(16-4-1)51(40-30-26-36(27-31-40)42-22-13-23-44-41-19-8-7-14-35(41)28-32-45(42)44)48-24-11-9-20-43(48)37-29-33-50-47(34-37)46-21-10-12-25-49(46)52(50)39-17-5-2-6-18-39/h1-34H. The second-order valence-corrected chi connectivity index (χ2v) is 13.3. The molecule has 10 rings (SSSR count). The van der Waals surface area contributed by atoms with Gasteiger partial charge in [-0.05, 0) is 98.9 Å². The van der Waals surface area contributed by atoms with Gasteiger partial charge in [-0.15, -0.1) is 0 Å². The lowest BCUT2D eigenvalue weighted by Crippen LogP contribution is -2.11. The van der Waals surface area contributed by atoms with E-state index in [4.69, 9.17) is 0 Å². The molecule has 0 spiro atoms. The molecule has 0 fully saturated rings. The van der Waals surface area contributed by atoms with E-state index in [1.54, 1.807) is 0 Å². The van der Waals surface area contributed by atoms with Gasteiger partial charge < -0.3 is 9.47 Å². The Labute approximate surface area is 303 Å². The van der Waals surface area contributed by atoms with Crippen LogP contribution in [0.25, 0.3) is 71.3 Å². The van der Waals surface area contributed by atoms with E-state index < -0.39 is 0 Å². The number of hydrogen-bond acceptors (Lipinski definition) is 1. The van der Waals surface area contributed by atoms with Gasteiger partial charge >= 0.3 is 0 Å². The molecule has 2 heteroatoms. The fourth-order valence-electron chi connectivity index (χ4n) is 7.99. The third-order valence-electron chi connectivity index (χ3n) is 10.4. The van der Waals surface area contributed by atoms with Crippen molar-refractivity contribution in [2.45, 2.75) is 0 Å². The largest absolute Gasteiger partial charge is 0.310 e. The molecule has 2 nitrogen and oxygen atoms in total. The summed E-state index contributed by atoms with van der Waals surface area (Å²) in [6.07, 6.45) is 0. The topological polar surface area (TPSA) is 8.17 Å². The summed E-state index contributed by atoms with van der Waals surface area (Å²) in [6.45, 7) is 0. The van der Waals surface area contributed by atoms with Crippen molar-refractivity contribution in [3.05, 3.63) is 206 Å². The van der Waals surface area contributed by atoms with E-state index in [9.17, 15) is 0 Å². The van der Waals surface area contributed by atoms with E-state index >= 15 is 0 Å². The molecule has 0 bridgehead atoms. The zero-order chi connectivity index (χ0) is 34.4. The summed E-state index contributed by atoms with van der Waals surface area (Å²) in [7, 11) is 0. The summed E-state index contributed by atoms with van der Waals surface area (Å²) in [5.41, 5.74) is 11.7. The van der Waals surface area contributed by atoms with Crippen LogP contribution in [0.15, 0.2) is 206 Å². The van der Waals surface area contributed by atoms with Gasteiger partial charge in [0, 0.05) is 33.4 Å². The van der Waals surface area contributed by atoms with Gasteiger partial charge in [-0.2, -0.15) is 0 Å². The van der Waals surface area contributed by atoms with Crippen LogP contribution in [0.5, 0.6) is 0 Å². The van der Waals surface area contributed by atoms with Gasteiger partial charge in [0.1, 0.15) is 0 Å². The highest BCUT2D eigenvalue weighted by atomic mass is 15.1. The van der Waals surface area contributed by atoms with E-state index in [0.29, 0.717) is 0 Å². The first kappa shape index (κ1) is 30.0. The van der Waals surface area contributed by atoms with E-state index in [0.717, 1.165) is 22.7 Å². The van der Waals surface area contributed by atoms with Gasteiger partial charge in [-0.1, -0.05) is 146 Å². The molecular weight excluding hydrogens is 629 g/mol. The molecule has 1 aromatic heterocycles. The Morgan fingerprint density at radius 3 is 1.79 bits per heavy atom. The van der Waals surface area contributed by atoms with Crippen LogP contribution in [-0.2, 0) is 0 Å². The van der Waals surface area contributed by atoms with Crippen LogP contribution >= 0.6 is 0 Å². The SMILES string of the molecule is c1ccc(N(c2ccc(-c3cccc4c3ccc3ccccc34)cc2)c2ccccc2-c2ccc3c(c2)c2ccccc2n3-c2ccccc2)cc1. The lowest BCUT2D eigenvalue weighted by molar-refractivity contribution is 1.18. The van der Waals surface area contributed by atoms with Gasteiger partial charge in [0.15, 0.2) is 0 Å². The average molecular weight is 663 g/mol. The zero-order valence-electron chi connectivity index (χ0n) is 28.5. The number of anilines is 3. The molecule has 0 unspecified atom stereocenters. The van der Waals surface area contributed by atoms with Crippen molar-refractivity contribution in [3.63, 3.8) is 0 Å². The first-order chi connectivity index (χ1) is 25.8. The highest BCUT2D eigenvalue weighted by Gasteiger charge is 2.19. The first-order valence-electron chi connectivity index (χ1n) is 17.9. The van der Waals surface area contributed by atoms with E-state index in [-0.39, 0.29) is 0 Å². The van der Waals surface area contributed by atoms with Crippen molar-refractivity contribution in [3.8, 4) is 27.9 Å². The molecule has 244 valence electrons. The van der Waals surface area contributed by atoms with Crippen molar-refractivity contribution in [1.29, 1.82) is 0 Å². The predicted octanol–water partition coefficient (Wildman–Crippen LogP) is 13.9. The van der Waals surface area contributed by atoms with Gasteiger partial charge in [0.05, 0.1) is 16.7 Å². The van der Waals surface area contributed by atoms with Gasteiger partial charge in [0.25, 0.3) is 0 Å². The van der Waals surface area contributed by atoms with Crippen molar-refractivity contribution in [2.24, 2.45) is 0 Å². The summed E-state index contributed by atoms with van der Waals surface area (Å²) in [5.74, 6) is 0. The van der Waals surface area contributed by atoms with E-state index in [1.807, 2.05) is 0 Å². The van der Waals surface area contributed by atoms with Crippen LogP contribution in [0, 0.1) is 0 Å². The van der Waals surface area contributed by atoms with E-state index in [2.05, 4.69) is 216 Å². The summed E-state index contributed by atoms with van der Waals surface area (Å²) >= 11 is 0. The molecular formula is C50H34N2. The maximum Gasteiger partial charge on any atom is 0.0541 e. The molecule has 0 N–H and O–H groups in total. The lowest BCUT2D eigenvalue weighted by atomic mass is 9.94. The highest BCUT2D eigenvalue weighted by Crippen LogP contribution is 2.43. The van der Waals surface area contributed by atoms with Gasteiger partial charge in [0.2, 0.25) is 0 Å². The molecule has 52 heavy (non-hydrogen) atoms. The number of aromatic nitrogens is 1. The van der Waals surface area contributed by atoms with Crippen molar-refractivity contribution in [1.82, 2.24) is 4.57 Å². The molecule has 10 aromatic rings. The normalized spacial score (nSPS) is 11.5. The quantitative estimate of drug-likeness (QED) is 0.161. The van der Waals surface area contributed by atoms with Crippen LogP contribution in [0.2, 0.25) is 0 Å². The minimum absolute atomic E-state index is 1.11. The fraction of sp³-hybridized carbons (Fsp3) is 0. The number of hydrogen-bond donors (Lipinski definition) is 0. The average Bonchev–Trinajstić information content (AvgIpc) is 3.55. The Balaban J connectivity index is 1.11. The molecule has 1 heterocycles. The smallest absolute Gasteiger partial charge is 0.0541 e. The number of rotatable bonds is 6. The second kappa shape index (κ2) is 12.5. The van der Waals surface area contributed by atoms with E-state index in [1.165, 1.54) is 65.6 Å². The first-order valence-corrected chi connectivity index (χ1v) is 17.9. The molecule has 0 amide bonds. The summed E-state index contributed by atoms with van der Waals surface area (Å²) in [6, 6.07) is 74.6. The number of benzene rings is 9. The Morgan fingerprint density at radius 1 is 0.327 bits per heavy atom. The minimum Gasteiger partial charge on any atom is -0.310 e. The third-order valence-corrected chi connectivity index (χ3v) is 10.4. The number of fused-ring (bicyclic) bond motifs is 6. The van der Waals surface area contributed by atoms with Gasteiger partial charge in [-0.3, -0.25) is 0 Å². The van der Waals surface area contributed by atoms with Crippen LogP contribution in [0.3, 0.4) is 0 Å². The van der Waals surface area contributed by atoms with Gasteiger partial charge in [-0.25, -0.2) is 0 Å². The molecule has 0 aliphatic carbocycles. The Kier molecular flexibility index (Phi) is 7.18. The summed E-state index contributed by atoms with van der Waals surface area (Å²) in [4.78, 5) is 2.38. The van der Waals surface area contributed by atoms with Crippen LogP contribution < -0.4 is 4.90 Å². The summed E-state index contributed by atoms with van der Waals surface area (Å²) < 4.78 is 2.37. The van der Waals surface area contributed by atoms with Crippen molar-refractivity contribution < 1.29 is 0 Å². The van der Waals surface area contributed by atoms with Crippen LogP contribution in [-0.4, -0.2) is 4.57 Å². The maximum absolute atomic E-state index is 2.38. The Bertz CT molecular complexity index is 2890. The number of nitrogens with zero attached hydrogens (tertiary/aromatic N) is 2. The predicted molar refractivity (Wildman–Crippen MR) is 221 cm³/mol. The molecule has 0 saturated carbocycles. The van der Waals surface area contributed by atoms with Crippen LogP contribution in [0.1, 0.15) is 0 Å². The molecule has 0 saturated heterocycles. The summed E-state index contributed by atoms with van der Waals surface area (Å²) in [5, 5.41) is 7.59. The van der Waals surface area contributed by atoms with Crippen molar-refractivity contribution in [2.75, 3.05) is 4.90 Å². The minimum atomic E-state index is 1.11. The molecule has 0 aliphatic rings. The lowest BCUT2D eigenvalue weighted by Gasteiger charge is -2.28. The molecule has 9 aromatic carbocycles. The zero-order valence-corrected chi connectivity index (χ0v) is 28.5. The van der Waals surface area contributed by atoms with Crippen LogP contribution in [0.4, 0.5) is 17.1 Å². The number of para-hydroxylation sites is 4. The molecule has 0 radical (unpaired) electrons. The molecule has 0 aliphatic heterocycles. The Hall–Kier alpha value is -6.90. The molecule has 0 atom stereocenters. The fourth-order valence-corrected chi connectivity index (χ4v) is 7.99. The third kappa shape index (κ3) is 4.96.